The quantitative estimate of drug-likeness (QED) is 0.706. The van der Waals surface area contributed by atoms with Crippen LogP contribution < -0.4 is 10.1 Å². The van der Waals surface area contributed by atoms with E-state index in [9.17, 15) is 0 Å². The van der Waals surface area contributed by atoms with E-state index in [1.165, 1.54) is 0 Å². The van der Waals surface area contributed by atoms with Crippen LogP contribution in [0.3, 0.4) is 0 Å². The van der Waals surface area contributed by atoms with E-state index in [1.807, 2.05) is 18.2 Å². The smallest absolute Gasteiger partial charge is 0.122 e. The Morgan fingerprint density at radius 1 is 1.19 bits per heavy atom. The number of hydrogen-bond donors (Lipinski definition) is 1. The van der Waals surface area contributed by atoms with Gasteiger partial charge in [-0.2, -0.15) is 0 Å². The van der Waals surface area contributed by atoms with Crippen LogP contribution in [0.4, 0.5) is 0 Å². The summed E-state index contributed by atoms with van der Waals surface area (Å²) in [6.45, 7) is 5.34. The van der Waals surface area contributed by atoms with E-state index in [0.717, 1.165) is 48.6 Å². The van der Waals surface area contributed by atoms with Crippen molar-refractivity contribution in [3.63, 3.8) is 0 Å². The van der Waals surface area contributed by atoms with Gasteiger partial charge in [0, 0.05) is 18.2 Å². The van der Waals surface area contributed by atoms with E-state index in [-0.39, 0.29) is 12.1 Å². The topological polar surface area (TPSA) is 30.5 Å². The molecule has 4 heteroatoms. The van der Waals surface area contributed by atoms with Gasteiger partial charge in [-0.1, -0.05) is 31.9 Å². The summed E-state index contributed by atoms with van der Waals surface area (Å²) in [7, 11) is 3.48. The second-order valence-electron chi connectivity index (χ2n) is 5.28. The van der Waals surface area contributed by atoms with Crippen molar-refractivity contribution in [2.45, 2.75) is 51.7 Å². The summed E-state index contributed by atoms with van der Waals surface area (Å²) >= 11 is 6.13. The fourth-order valence-electron chi connectivity index (χ4n) is 2.58. The van der Waals surface area contributed by atoms with Gasteiger partial charge in [0.2, 0.25) is 0 Å². The number of hydrogen-bond acceptors (Lipinski definition) is 3. The van der Waals surface area contributed by atoms with E-state index >= 15 is 0 Å². The second-order valence-corrected chi connectivity index (χ2v) is 5.72. The van der Waals surface area contributed by atoms with Gasteiger partial charge in [-0.15, -0.1) is 0 Å². The minimum atomic E-state index is 0.199. The third kappa shape index (κ3) is 5.85. The molecule has 120 valence electrons. The molecular formula is C17H28ClNO2. The van der Waals surface area contributed by atoms with Crippen LogP contribution in [0.25, 0.3) is 0 Å². The third-order valence-corrected chi connectivity index (χ3v) is 3.90. The number of methoxy groups -OCH3 is 2. The SMILES string of the molecule is CCCNC(Cc1cc(Cl)ccc1OC)C(CCC)OC. The third-order valence-electron chi connectivity index (χ3n) is 3.66. The first kappa shape index (κ1) is 18.3. The van der Waals surface area contributed by atoms with Crippen LogP contribution in [0.5, 0.6) is 5.75 Å². The first-order valence-corrected chi connectivity index (χ1v) is 8.12. The van der Waals surface area contributed by atoms with E-state index < -0.39 is 0 Å². The lowest BCUT2D eigenvalue weighted by Crippen LogP contribution is -2.43. The summed E-state index contributed by atoms with van der Waals surface area (Å²) in [6.07, 6.45) is 4.30. The lowest BCUT2D eigenvalue weighted by atomic mass is 9.97. The standard InChI is InChI=1S/C17H28ClNO2/c1-5-7-17(21-4)15(19-10-6-2)12-13-11-14(18)8-9-16(13)20-3/h8-9,11,15,17,19H,5-7,10,12H2,1-4H3. The van der Waals surface area contributed by atoms with Crippen LogP contribution in [-0.2, 0) is 11.2 Å². The van der Waals surface area contributed by atoms with Crippen molar-refractivity contribution in [3.8, 4) is 5.75 Å². The molecule has 0 aliphatic heterocycles. The zero-order chi connectivity index (χ0) is 15.7. The molecular weight excluding hydrogens is 286 g/mol. The molecule has 0 saturated heterocycles. The van der Waals surface area contributed by atoms with Gasteiger partial charge >= 0.3 is 0 Å². The van der Waals surface area contributed by atoms with Gasteiger partial charge in [-0.3, -0.25) is 0 Å². The molecule has 0 amide bonds. The first-order valence-electron chi connectivity index (χ1n) is 7.74. The molecule has 0 heterocycles. The molecule has 0 aliphatic rings. The molecule has 3 nitrogen and oxygen atoms in total. The molecule has 21 heavy (non-hydrogen) atoms. The maximum absolute atomic E-state index is 6.13. The minimum absolute atomic E-state index is 0.199. The molecule has 1 aromatic rings. The maximum atomic E-state index is 6.13. The summed E-state index contributed by atoms with van der Waals surface area (Å²) in [5.74, 6) is 0.883. The number of halogens is 1. The first-order chi connectivity index (χ1) is 10.2. The highest BCUT2D eigenvalue weighted by atomic mass is 35.5. The molecule has 2 atom stereocenters. The summed E-state index contributed by atoms with van der Waals surface area (Å²) in [5.41, 5.74) is 1.12. The average Bonchev–Trinajstić information content (AvgIpc) is 2.49. The predicted molar refractivity (Wildman–Crippen MR) is 89.5 cm³/mol. The molecule has 0 saturated carbocycles. The van der Waals surface area contributed by atoms with Crippen molar-refractivity contribution in [1.82, 2.24) is 5.32 Å². The molecule has 1 aromatic carbocycles. The minimum Gasteiger partial charge on any atom is -0.496 e. The van der Waals surface area contributed by atoms with Crippen LogP contribution in [-0.4, -0.2) is 32.9 Å². The molecule has 1 N–H and O–H groups in total. The van der Waals surface area contributed by atoms with Crippen LogP contribution >= 0.6 is 11.6 Å². The van der Waals surface area contributed by atoms with E-state index in [1.54, 1.807) is 14.2 Å². The van der Waals surface area contributed by atoms with Crippen molar-refractivity contribution in [2.75, 3.05) is 20.8 Å². The summed E-state index contributed by atoms with van der Waals surface area (Å²) in [4.78, 5) is 0. The molecule has 0 bridgehead atoms. The lowest BCUT2D eigenvalue weighted by molar-refractivity contribution is 0.0607. The fourth-order valence-corrected chi connectivity index (χ4v) is 2.77. The molecule has 1 rings (SSSR count). The Kier molecular flexibility index (Phi) is 8.74. The summed E-state index contributed by atoms with van der Waals surface area (Å²) in [5, 5.41) is 4.34. The summed E-state index contributed by atoms with van der Waals surface area (Å²) < 4.78 is 11.1. The number of rotatable bonds is 10. The molecule has 0 aliphatic carbocycles. The number of ether oxygens (including phenoxy) is 2. The van der Waals surface area contributed by atoms with Gasteiger partial charge < -0.3 is 14.8 Å². The van der Waals surface area contributed by atoms with E-state index in [0.29, 0.717) is 0 Å². The Morgan fingerprint density at radius 2 is 1.95 bits per heavy atom. The summed E-state index contributed by atoms with van der Waals surface area (Å²) in [6, 6.07) is 6.04. The second kappa shape index (κ2) is 10.0. The molecule has 0 radical (unpaired) electrons. The molecule has 2 unspecified atom stereocenters. The monoisotopic (exact) mass is 313 g/mol. The maximum Gasteiger partial charge on any atom is 0.122 e. The van der Waals surface area contributed by atoms with Crippen molar-refractivity contribution in [3.05, 3.63) is 28.8 Å². The van der Waals surface area contributed by atoms with Crippen molar-refractivity contribution < 1.29 is 9.47 Å². The molecule has 0 aromatic heterocycles. The zero-order valence-electron chi connectivity index (χ0n) is 13.6. The Bertz CT molecular complexity index is 412. The van der Waals surface area contributed by atoms with Gasteiger partial charge in [0.25, 0.3) is 0 Å². The van der Waals surface area contributed by atoms with Crippen LogP contribution in [0.2, 0.25) is 5.02 Å². The largest absolute Gasteiger partial charge is 0.496 e. The van der Waals surface area contributed by atoms with Crippen molar-refractivity contribution in [1.29, 1.82) is 0 Å². The normalized spacial score (nSPS) is 14.0. The Labute approximate surface area is 134 Å². The molecule has 0 fully saturated rings. The Hall–Kier alpha value is -0.770. The highest BCUT2D eigenvalue weighted by molar-refractivity contribution is 6.30. The predicted octanol–water partition coefficient (Wildman–Crippen LogP) is 4.07. The van der Waals surface area contributed by atoms with Crippen molar-refractivity contribution >= 4 is 11.6 Å². The van der Waals surface area contributed by atoms with Crippen LogP contribution in [0.15, 0.2) is 18.2 Å². The van der Waals surface area contributed by atoms with Gasteiger partial charge in [0.15, 0.2) is 0 Å². The van der Waals surface area contributed by atoms with Crippen molar-refractivity contribution in [2.24, 2.45) is 0 Å². The van der Waals surface area contributed by atoms with Gasteiger partial charge in [-0.05, 0) is 49.6 Å². The van der Waals surface area contributed by atoms with E-state index in [4.69, 9.17) is 21.1 Å². The highest BCUT2D eigenvalue weighted by Crippen LogP contribution is 2.25. The number of benzene rings is 1. The Balaban J connectivity index is 2.91. The van der Waals surface area contributed by atoms with E-state index in [2.05, 4.69) is 19.2 Å². The fraction of sp³-hybridized carbons (Fsp3) is 0.647. The Morgan fingerprint density at radius 3 is 2.52 bits per heavy atom. The van der Waals surface area contributed by atoms with Crippen LogP contribution in [0, 0.1) is 0 Å². The van der Waals surface area contributed by atoms with Gasteiger partial charge in [-0.25, -0.2) is 0 Å². The number of nitrogens with one attached hydrogen (secondary N) is 1. The van der Waals surface area contributed by atoms with Gasteiger partial charge in [0.1, 0.15) is 5.75 Å². The zero-order valence-corrected chi connectivity index (χ0v) is 14.4. The van der Waals surface area contributed by atoms with Crippen LogP contribution in [0.1, 0.15) is 38.7 Å². The molecule has 0 spiro atoms. The van der Waals surface area contributed by atoms with Gasteiger partial charge in [0.05, 0.1) is 13.2 Å². The highest BCUT2D eigenvalue weighted by Gasteiger charge is 2.21. The average molecular weight is 314 g/mol. The lowest BCUT2D eigenvalue weighted by Gasteiger charge is -2.27.